The standard InChI is InChI=1S/C14H18N4O/c1-4-14(2,3)13(19)16-12-9-11(17-18-12)10-5-7-15-8-6-10/h5-9H,4H2,1-3H3,(H2,16,17,18,19). The molecule has 0 bridgehead atoms. The fraction of sp³-hybridized carbons (Fsp3) is 0.357. The largest absolute Gasteiger partial charge is 0.309 e. The number of hydrogen-bond donors (Lipinski definition) is 2. The minimum absolute atomic E-state index is 0.0252. The number of pyridine rings is 1. The van der Waals surface area contributed by atoms with Gasteiger partial charge in [-0.1, -0.05) is 20.8 Å². The molecule has 0 saturated carbocycles. The van der Waals surface area contributed by atoms with Crippen LogP contribution >= 0.6 is 0 Å². The van der Waals surface area contributed by atoms with Crippen LogP contribution in [0.5, 0.6) is 0 Å². The fourth-order valence-electron chi connectivity index (χ4n) is 1.51. The Labute approximate surface area is 112 Å². The van der Waals surface area contributed by atoms with Gasteiger partial charge in [-0.05, 0) is 18.6 Å². The van der Waals surface area contributed by atoms with Crippen LogP contribution in [-0.4, -0.2) is 21.1 Å². The maximum atomic E-state index is 12.0. The van der Waals surface area contributed by atoms with Crippen LogP contribution in [0.15, 0.2) is 30.6 Å². The lowest BCUT2D eigenvalue weighted by Gasteiger charge is -2.20. The van der Waals surface area contributed by atoms with Crippen molar-refractivity contribution in [2.75, 3.05) is 5.32 Å². The van der Waals surface area contributed by atoms with E-state index in [0.717, 1.165) is 17.7 Å². The highest BCUT2D eigenvalue weighted by molar-refractivity contribution is 5.94. The molecule has 2 rings (SSSR count). The highest BCUT2D eigenvalue weighted by atomic mass is 16.2. The van der Waals surface area contributed by atoms with Gasteiger partial charge in [-0.25, -0.2) is 0 Å². The molecule has 0 aliphatic carbocycles. The van der Waals surface area contributed by atoms with Gasteiger partial charge in [0, 0.05) is 29.4 Å². The Morgan fingerprint density at radius 3 is 2.68 bits per heavy atom. The zero-order valence-electron chi connectivity index (χ0n) is 11.4. The second-order valence-electron chi connectivity index (χ2n) is 5.09. The van der Waals surface area contributed by atoms with Gasteiger partial charge in [0.1, 0.15) is 0 Å². The number of amides is 1. The van der Waals surface area contributed by atoms with E-state index in [2.05, 4.69) is 20.5 Å². The SMILES string of the molecule is CCC(C)(C)C(=O)Nc1cc(-c2ccncc2)[nH]n1. The molecular formula is C14H18N4O. The molecule has 0 aromatic carbocycles. The van der Waals surface area contributed by atoms with Crippen LogP contribution in [0.25, 0.3) is 11.3 Å². The first kappa shape index (κ1) is 13.3. The van der Waals surface area contributed by atoms with Crippen LogP contribution in [0, 0.1) is 5.41 Å². The Morgan fingerprint density at radius 1 is 1.37 bits per heavy atom. The van der Waals surface area contributed by atoms with Gasteiger partial charge in [-0.2, -0.15) is 5.10 Å². The van der Waals surface area contributed by atoms with Crippen LogP contribution < -0.4 is 5.32 Å². The summed E-state index contributed by atoms with van der Waals surface area (Å²) in [5.74, 6) is 0.515. The van der Waals surface area contributed by atoms with Gasteiger partial charge in [-0.3, -0.25) is 14.9 Å². The van der Waals surface area contributed by atoms with Crippen molar-refractivity contribution in [3.8, 4) is 11.3 Å². The summed E-state index contributed by atoms with van der Waals surface area (Å²) in [5.41, 5.74) is 1.44. The molecule has 5 nitrogen and oxygen atoms in total. The lowest BCUT2D eigenvalue weighted by molar-refractivity contribution is -0.124. The van der Waals surface area contributed by atoms with Crippen LogP contribution in [0.3, 0.4) is 0 Å². The summed E-state index contributed by atoms with van der Waals surface area (Å²) in [6.45, 7) is 5.82. The van der Waals surface area contributed by atoms with Crippen molar-refractivity contribution in [2.24, 2.45) is 5.41 Å². The summed E-state index contributed by atoms with van der Waals surface area (Å²) in [5, 5.41) is 9.83. The molecule has 1 amide bonds. The molecule has 0 spiro atoms. The Bertz CT molecular complexity index is 560. The Balaban J connectivity index is 2.13. The first-order valence-electron chi connectivity index (χ1n) is 6.30. The predicted octanol–water partition coefficient (Wildman–Crippen LogP) is 2.85. The Morgan fingerprint density at radius 2 is 2.05 bits per heavy atom. The molecule has 19 heavy (non-hydrogen) atoms. The predicted molar refractivity (Wildman–Crippen MR) is 74.5 cm³/mol. The second kappa shape index (κ2) is 5.22. The molecule has 100 valence electrons. The fourth-order valence-corrected chi connectivity index (χ4v) is 1.51. The number of nitrogens with one attached hydrogen (secondary N) is 2. The summed E-state index contributed by atoms with van der Waals surface area (Å²) in [7, 11) is 0. The zero-order valence-corrected chi connectivity index (χ0v) is 11.4. The molecule has 5 heteroatoms. The van der Waals surface area contributed by atoms with E-state index in [9.17, 15) is 4.79 Å². The number of nitrogens with zero attached hydrogens (tertiary/aromatic N) is 2. The highest BCUT2D eigenvalue weighted by Crippen LogP contribution is 2.23. The maximum Gasteiger partial charge on any atom is 0.231 e. The van der Waals surface area contributed by atoms with E-state index in [1.165, 1.54) is 0 Å². The number of aromatic nitrogens is 3. The van der Waals surface area contributed by atoms with Crippen molar-refractivity contribution >= 4 is 11.7 Å². The average molecular weight is 258 g/mol. The second-order valence-corrected chi connectivity index (χ2v) is 5.09. The van der Waals surface area contributed by atoms with Crippen LogP contribution in [0.2, 0.25) is 0 Å². The number of aromatic amines is 1. The molecule has 2 aromatic rings. The van der Waals surface area contributed by atoms with Crippen LogP contribution in [0.4, 0.5) is 5.82 Å². The van der Waals surface area contributed by atoms with Gasteiger partial charge in [0.05, 0.1) is 5.69 Å². The molecule has 0 radical (unpaired) electrons. The smallest absolute Gasteiger partial charge is 0.231 e. The van der Waals surface area contributed by atoms with Crippen molar-refractivity contribution in [3.05, 3.63) is 30.6 Å². The van der Waals surface area contributed by atoms with Crippen LogP contribution in [0.1, 0.15) is 27.2 Å². The number of carbonyl (C=O) groups excluding carboxylic acids is 1. The summed E-state index contributed by atoms with van der Waals surface area (Å²) < 4.78 is 0. The molecular weight excluding hydrogens is 240 g/mol. The van der Waals surface area contributed by atoms with E-state index in [4.69, 9.17) is 0 Å². The van der Waals surface area contributed by atoms with Crippen molar-refractivity contribution in [1.29, 1.82) is 0 Å². The third-order valence-corrected chi connectivity index (χ3v) is 3.31. The topological polar surface area (TPSA) is 70.7 Å². The van der Waals surface area contributed by atoms with Crippen molar-refractivity contribution in [2.45, 2.75) is 27.2 Å². The monoisotopic (exact) mass is 258 g/mol. The maximum absolute atomic E-state index is 12.0. The highest BCUT2D eigenvalue weighted by Gasteiger charge is 2.25. The van der Waals surface area contributed by atoms with Gasteiger partial charge < -0.3 is 5.32 Å². The lowest BCUT2D eigenvalue weighted by atomic mass is 9.89. The first-order valence-corrected chi connectivity index (χ1v) is 6.30. The normalized spacial score (nSPS) is 11.3. The van der Waals surface area contributed by atoms with E-state index in [0.29, 0.717) is 5.82 Å². The molecule has 0 unspecified atom stereocenters. The van der Waals surface area contributed by atoms with Crippen molar-refractivity contribution < 1.29 is 4.79 Å². The van der Waals surface area contributed by atoms with Gasteiger partial charge in [0.15, 0.2) is 5.82 Å². The van der Waals surface area contributed by atoms with E-state index in [1.807, 2.05) is 39.0 Å². The number of hydrogen-bond acceptors (Lipinski definition) is 3. The Kier molecular flexibility index (Phi) is 3.64. The quantitative estimate of drug-likeness (QED) is 0.885. The Hall–Kier alpha value is -2.17. The van der Waals surface area contributed by atoms with Crippen molar-refractivity contribution in [1.82, 2.24) is 15.2 Å². The number of rotatable bonds is 4. The van der Waals surface area contributed by atoms with Gasteiger partial charge in [0.25, 0.3) is 0 Å². The summed E-state index contributed by atoms with van der Waals surface area (Å²) in [4.78, 5) is 16.0. The molecule has 0 saturated heterocycles. The van der Waals surface area contributed by atoms with Gasteiger partial charge >= 0.3 is 0 Å². The molecule has 0 fully saturated rings. The van der Waals surface area contributed by atoms with Gasteiger partial charge in [-0.15, -0.1) is 0 Å². The number of carbonyl (C=O) groups is 1. The minimum atomic E-state index is -0.393. The lowest BCUT2D eigenvalue weighted by Crippen LogP contribution is -2.30. The number of anilines is 1. The molecule has 0 atom stereocenters. The van der Waals surface area contributed by atoms with E-state index >= 15 is 0 Å². The molecule has 0 aliphatic heterocycles. The van der Waals surface area contributed by atoms with E-state index < -0.39 is 5.41 Å². The van der Waals surface area contributed by atoms with E-state index in [1.54, 1.807) is 12.4 Å². The molecule has 0 aliphatic rings. The summed E-state index contributed by atoms with van der Waals surface area (Å²) in [6.07, 6.45) is 4.21. The third-order valence-electron chi connectivity index (χ3n) is 3.31. The van der Waals surface area contributed by atoms with E-state index in [-0.39, 0.29) is 5.91 Å². The molecule has 2 N–H and O–H groups in total. The average Bonchev–Trinajstić information content (AvgIpc) is 2.88. The first-order chi connectivity index (χ1) is 9.03. The van der Waals surface area contributed by atoms with Crippen molar-refractivity contribution in [3.63, 3.8) is 0 Å². The number of H-pyrrole nitrogens is 1. The minimum Gasteiger partial charge on any atom is -0.309 e. The summed E-state index contributed by atoms with van der Waals surface area (Å²) >= 11 is 0. The van der Waals surface area contributed by atoms with Gasteiger partial charge in [0.2, 0.25) is 5.91 Å². The molecule has 2 heterocycles. The third kappa shape index (κ3) is 2.99. The van der Waals surface area contributed by atoms with Crippen LogP contribution in [-0.2, 0) is 4.79 Å². The summed E-state index contributed by atoms with van der Waals surface area (Å²) in [6, 6.07) is 5.59. The molecule has 2 aromatic heterocycles. The zero-order chi connectivity index (χ0) is 13.9.